The fourth-order valence-electron chi connectivity index (χ4n) is 3.32. The molecule has 0 spiro atoms. The van der Waals surface area contributed by atoms with Crippen molar-refractivity contribution in [1.82, 2.24) is 4.57 Å². The van der Waals surface area contributed by atoms with Crippen molar-refractivity contribution in [2.24, 2.45) is 5.92 Å². The highest BCUT2D eigenvalue weighted by atomic mass is 16.6. The Morgan fingerprint density at radius 1 is 1.43 bits per heavy atom. The molecular weight excluding hydrogens is 300 g/mol. The number of hydroxylamine groups is 1. The van der Waals surface area contributed by atoms with Gasteiger partial charge in [0.2, 0.25) is 12.1 Å². The number of carbonyl (C=O) groups excluding carboxylic acids is 1. The molecule has 1 aromatic rings. The summed E-state index contributed by atoms with van der Waals surface area (Å²) in [5.41, 5.74) is 1.27. The zero-order valence-corrected chi connectivity index (χ0v) is 13.4. The molecule has 2 aliphatic rings. The van der Waals surface area contributed by atoms with Crippen LogP contribution in [0.1, 0.15) is 38.1 Å². The topological polar surface area (TPSA) is 75.8 Å². The molecule has 2 atom stereocenters. The Hall–Kier alpha value is -2.28. The molecular formula is C16H20N2O5. The van der Waals surface area contributed by atoms with E-state index in [0.29, 0.717) is 17.1 Å². The summed E-state index contributed by atoms with van der Waals surface area (Å²) in [5.74, 6) is 0.0975. The van der Waals surface area contributed by atoms with Crippen molar-refractivity contribution < 1.29 is 23.7 Å². The quantitative estimate of drug-likeness (QED) is 0.485. The molecule has 3 rings (SSSR count). The van der Waals surface area contributed by atoms with Gasteiger partial charge in [0, 0.05) is 20.1 Å². The van der Waals surface area contributed by atoms with Crippen molar-refractivity contribution in [1.29, 1.82) is 0 Å². The summed E-state index contributed by atoms with van der Waals surface area (Å²) >= 11 is 0. The molecule has 0 saturated heterocycles. The van der Waals surface area contributed by atoms with Crippen LogP contribution in [0.25, 0.3) is 0 Å². The van der Waals surface area contributed by atoms with E-state index in [2.05, 4.69) is 0 Å². The van der Waals surface area contributed by atoms with E-state index in [4.69, 9.17) is 14.2 Å². The van der Waals surface area contributed by atoms with Crippen molar-refractivity contribution in [3.05, 3.63) is 28.7 Å². The second-order valence-corrected chi connectivity index (χ2v) is 5.65. The molecule has 2 unspecified atom stereocenters. The van der Waals surface area contributed by atoms with Gasteiger partial charge in [-0.25, -0.2) is 0 Å². The van der Waals surface area contributed by atoms with Gasteiger partial charge in [0.05, 0.1) is 13.0 Å². The minimum atomic E-state index is -0.457. The average molecular weight is 320 g/mol. The van der Waals surface area contributed by atoms with E-state index in [-0.39, 0.29) is 11.8 Å². The van der Waals surface area contributed by atoms with Crippen LogP contribution in [0.4, 0.5) is 0 Å². The maximum absolute atomic E-state index is 12.5. The van der Waals surface area contributed by atoms with E-state index >= 15 is 0 Å². The van der Waals surface area contributed by atoms with Crippen molar-refractivity contribution in [3.8, 4) is 11.6 Å². The van der Waals surface area contributed by atoms with Gasteiger partial charge >= 0.3 is 5.97 Å². The number of allylic oxidation sites excluding steroid dienone is 1. The van der Waals surface area contributed by atoms with E-state index in [1.165, 1.54) is 20.2 Å². The van der Waals surface area contributed by atoms with Crippen molar-refractivity contribution in [2.45, 2.75) is 32.4 Å². The fourth-order valence-corrected chi connectivity index (χ4v) is 3.32. The summed E-state index contributed by atoms with van der Waals surface area (Å²) in [6, 6.07) is 1.67. The molecule has 0 amide bonds. The SMILES string of the molecule is COc1cc2n(c1OC(C)=O)C(OC)C1CCCC=C1[N+]([O-])=C2. The molecule has 7 nitrogen and oxygen atoms in total. The van der Waals surface area contributed by atoms with Gasteiger partial charge in [0.25, 0.3) is 0 Å². The molecule has 0 N–H and O–H groups in total. The molecule has 0 fully saturated rings. The minimum absolute atomic E-state index is 0.102. The lowest BCUT2D eigenvalue weighted by Crippen LogP contribution is -2.27. The second-order valence-electron chi connectivity index (χ2n) is 5.65. The van der Waals surface area contributed by atoms with Gasteiger partial charge in [-0.05, 0) is 25.3 Å². The highest BCUT2D eigenvalue weighted by molar-refractivity contribution is 5.78. The Morgan fingerprint density at radius 2 is 2.22 bits per heavy atom. The Bertz CT molecular complexity index is 689. The monoisotopic (exact) mass is 320 g/mol. The maximum Gasteiger partial charge on any atom is 0.309 e. The van der Waals surface area contributed by atoms with Crippen LogP contribution >= 0.6 is 0 Å². The summed E-state index contributed by atoms with van der Waals surface area (Å²) in [6.45, 7) is 1.33. The summed E-state index contributed by atoms with van der Waals surface area (Å²) < 4.78 is 18.9. The lowest BCUT2D eigenvalue weighted by atomic mass is 9.90. The molecule has 1 aliphatic heterocycles. The minimum Gasteiger partial charge on any atom is -0.618 e. The average Bonchev–Trinajstić information content (AvgIpc) is 2.80. The number of carbonyl (C=O) groups is 1. The smallest absolute Gasteiger partial charge is 0.309 e. The number of fused-ring (bicyclic) bond motifs is 2. The molecule has 1 aliphatic carbocycles. The third kappa shape index (κ3) is 2.61. The number of ether oxygens (including phenoxy) is 3. The molecule has 0 radical (unpaired) electrons. The van der Waals surface area contributed by atoms with Gasteiger partial charge in [0.1, 0.15) is 11.9 Å². The van der Waals surface area contributed by atoms with E-state index in [0.717, 1.165) is 24.0 Å². The normalized spacial score (nSPS) is 23.1. The maximum atomic E-state index is 12.5. The van der Waals surface area contributed by atoms with Crippen LogP contribution in [0.15, 0.2) is 17.8 Å². The molecule has 23 heavy (non-hydrogen) atoms. The van der Waals surface area contributed by atoms with Gasteiger partial charge < -0.3 is 19.4 Å². The Morgan fingerprint density at radius 3 is 2.87 bits per heavy atom. The first-order chi connectivity index (χ1) is 11.1. The molecule has 1 aromatic heterocycles. The van der Waals surface area contributed by atoms with Gasteiger partial charge in [-0.1, -0.05) is 0 Å². The summed E-state index contributed by atoms with van der Waals surface area (Å²) in [7, 11) is 3.08. The molecule has 0 aromatic carbocycles. The lowest BCUT2D eigenvalue weighted by molar-refractivity contribution is -0.409. The van der Waals surface area contributed by atoms with E-state index in [1.54, 1.807) is 17.7 Å². The third-order valence-electron chi connectivity index (χ3n) is 4.24. The Labute approximate surface area is 134 Å². The Kier molecular flexibility index (Phi) is 4.12. The summed E-state index contributed by atoms with van der Waals surface area (Å²) in [4.78, 5) is 11.5. The number of hydrogen-bond donors (Lipinski definition) is 0. The number of rotatable bonds is 3. The predicted octanol–water partition coefficient (Wildman–Crippen LogP) is 2.19. The van der Waals surface area contributed by atoms with E-state index < -0.39 is 12.2 Å². The zero-order chi connectivity index (χ0) is 16.6. The molecule has 0 bridgehead atoms. The molecule has 124 valence electrons. The van der Waals surface area contributed by atoms with Crippen LogP contribution in [-0.4, -0.2) is 35.7 Å². The highest BCUT2D eigenvalue weighted by Gasteiger charge is 2.39. The van der Waals surface area contributed by atoms with Gasteiger partial charge in [-0.3, -0.25) is 9.36 Å². The third-order valence-corrected chi connectivity index (χ3v) is 4.24. The van der Waals surface area contributed by atoms with Gasteiger partial charge in [-0.2, -0.15) is 4.74 Å². The molecule has 0 saturated carbocycles. The highest BCUT2D eigenvalue weighted by Crippen LogP contribution is 2.43. The largest absolute Gasteiger partial charge is 0.618 e. The summed E-state index contributed by atoms with van der Waals surface area (Å²) in [5, 5.41) is 12.5. The predicted molar refractivity (Wildman–Crippen MR) is 82.6 cm³/mol. The van der Waals surface area contributed by atoms with Crippen LogP contribution in [-0.2, 0) is 9.53 Å². The first kappa shape index (κ1) is 15.6. The zero-order valence-electron chi connectivity index (χ0n) is 13.4. The first-order valence-electron chi connectivity index (χ1n) is 7.58. The number of hydrogen-bond acceptors (Lipinski definition) is 5. The van der Waals surface area contributed by atoms with Crippen molar-refractivity contribution >= 4 is 12.2 Å². The molecule has 7 heteroatoms. The van der Waals surface area contributed by atoms with Crippen LogP contribution < -0.4 is 9.47 Å². The van der Waals surface area contributed by atoms with Gasteiger partial charge in [0.15, 0.2) is 11.4 Å². The van der Waals surface area contributed by atoms with Crippen LogP contribution in [0.2, 0.25) is 0 Å². The van der Waals surface area contributed by atoms with Crippen LogP contribution in [0.3, 0.4) is 0 Å². The van der Waals surface area contributed by atoms with Crippen LogP contribution in [0, 0.1) is 11.1 Å². The Balaban J connectivity index is 2.20. The number of aromatic nitrogens is 1. The standard InChI is InChI=1S/C16H20N2O5/c1-10(19)23-16-14(21-2)8-11-9-17(20)13-7-5-4-6-12(13)15(22-3)18(11)16/h7-9,12,15H,4-6H2,1-3H3. The number of methoxy groups -OCH3 is 2. The van der Waals surface area contributed by atoms with E-state index in [1.807, 2.05) is 6.08 Å². The number of nitrogens with zero attached hydrogens (tertiary/aromatic N) is 2. The number of esters is 1. The second kappa shape index (κ2) is 6.08. The molecule has 2 heterocycles. The first-order valence-corrected chi connectivity index (χ1v) is 7.58. The van der Waals surface area contributed by atoms with Crippen LogP contribution in [0.5, 0.6) is 11.6 Å². The van der Waals surface area contributed by atoms with Crippen molar-refractivity contribution in [3.63, 3.8) is 0 Å². The lowest BCUT2D eigenvalue weighted by Gasteiger charge is -2.28. The summed E-state index contributed by atoms with van der Waals surface area (Å²) in [6.07, 6.45) is 5.68. The van der Waals surface area contributed by atoms with Crippen molar-refractivity contribution in [2.75, 3.05) is 14.2 Å². The van der Waals surface area contributed by atoms with Gasteiger partial charge in [-0.15, -0.1) is 0 Å². The van der Waals surface area contributed by atoms with E-state index in [9.17, 15) is 10.0 Å². The fraction of sp³-hybridized carbons (Fsp3) is 0.500.